The summed E-state index contributed by atoms with van der Waals surface area (Å²) in [4.78, 5) is 135. The van der Waals surface area contributed by atoms with Crippen LogP contribution in [0, 0.1) is 34.5 Å². The molecule has 8 atom stereocenters. The van der Waals surface area contributed by atoms with Crippen molar-refractivity contribution in [3.05, 3.63) is 217 Å². The summed E-state index contributed by atoms with van der Waals surface area (Å²) in [5, 5.41) is 13.8. The van der Waals surface area contributed by atoms with Gasteiger partial charge in [0.1, 0.15) is 54.5 Å². The zero-order valence-electron chi connectivity index (χ0n) is 74.8. The Labute approximate surface area is 752 Å². The number of esters is 3. The molecule has 0 radical (unpaired) electrons. The summed E-state index contributed by atoms with van der Waals surface area (Å²) < 4.78 is 29.2. The van der Waals surface area contributed by atoms with Crippen LogP contribution in [-0.4, -0.2) is 151 Å². The Bertz CT molecular complexity index is 5120. The molecular formula is C98H121Cl3N8O14Si2. The summed E-state index contributed by atoms with van der Waals surface area (Å²) in [6, 6.07) is 55.2. The van der Waals surface area contributed by atoms with Crippen molar-refractivity contribution in [3.63, 3.8) is 0 Å². The number of carbonyl (C=O) groups excluding carboxylic acids is 9. The number of carbonyl (C=O) groups is 9. The molecule has 0 spiro atoms. The number of hydrogen-bond acceptors (Lipinski definition) is 18. The maximum Gasteiger partial charge on any atom is 0.325 e. The number of fused-ring (bicyclic) bond motifs is 5. The number of cyclic esters (lactones) is 1. The molecule has 125 heavy (non-hydrogen) atoms. The van der Waals surface area contributed by atoms with Crippen molar-refractivity contribution in [1.82, 2.24) is 41.5 Å². The Balaban J connectivity index is 0.000000264. The first kappa shape index (κ1) is 97.6. The van der Waals surface area contributed by atoms with Crippen molar-refractivity contribution in [2.75, 3.05) is 32.9 Å². The van der Waals surface area contributed by atoms with E-state index in [1.807, 2.05) is 224 Å². The molecule has 4 amide bonds. The first-order chi connectivity index (χ1) is 58.9. The second-order valence-electron chi connectivity index (χ2n) is 36.7. The zero-order chi connectivity index (χ0) is 91.2. The molecular weight excluding hydrogens is 1680 g/mol. The quantitative estimate of drug-likeness (QED) is 0.0189. The summed E-state index contributed by atoms with van der Waals surface area (Å²) in [6.45, 7) is 32.3. The summed E-state index contributed by atoms with van der Waals surface area (Å²) in [5.41, 5.74) is 8.56. The van der Waals surface area contributed by atoms with Gasteiger partial charge in [-0.05, 0) is 145 Å². The summed E-state index contributed by atoms with van der Waals surface area (Å²) in [5.74, 6) is -5.76. The van der Waals surface area contributed by atoms with E-state index >= 15 is 0 Å². The van der Waals surface area contributed by atoms with Crippen LogP contribution in [0.15, 0.2) is 194 Å². The monoisotopic (exact) mass is 1790 g/mol. The fourth-order valence-electron chi connectivity index (χ4n) is 16.3. The highest BCUT2D eigenvalue weighted by molar-refractivity contribution is 7.00. The van der Waals surface area contributed by atoms with E-state index in [-0.39, 0.29) is 56.0 Å². The molecule has 5 heterocycles. The summed E-state index contributed by atoms with van der Waals surface area (Å²) in [6.07, 6.45) is 7.94. The average Bonchev–Trinajstić information content (AvgIpc) is 0.749. The van der Waals surface area contributed by atoms with Crippen LogP contribution in [-0.2, 0) is 66.2 Å². The molecule has 2 saturated heterocycles. The third-order valence-corrected chi connectivity index (χ3v) is 34.0. The van der Waals surface area contributed by atoms with E-state index < -0.39 is 138 Å². The highest BCUT2D eigenvalue weighted by Gasteiger charge is 2.53. The van der Waals surface area contributed by atoms with Gasteiger partial charge < -0.3 is 33.7 Å². The van der Waals surface area contributed by atoms with E-state index in [0.717, 1.165) is 48.2 Å². The number of alkyl halides is 3. The number of halogens is 3. The Morgan fingerprint density at radius 1 is 0.672 bits per heavy atom. The van der Waals surface area contributed by atoms with Crippen LogP contribution in [0.25, 0.3) is 34.0 Å². The number of allylic oxidation sites excluding steroid dienone is 2. The zero-order valence-corrected chi connectivity index (χ0v) is 79.1. The number of ether oxygens (including phenoxy) is 3. The van der Waals surface area contributed by atoms with Crippen LogP contribution >= 0.6 is 34.8 Å². The molecule has 4 N–H and O–H groups in total. The van der Waals surface area contributed by atoms with Gasteiger partial charge in [-0.3, -0.25) is 53.2 Å². The van der Waals surface area contributed by atoms with Gasteiger partial charge in [0.15, 0.2) is 0 Å². The van der Waals surface area contributed by atoms with Crippen LogP contribution in [0.4, 0.5) is 0 Å². The van der Waals surface area contributed by atoms with E-state index in [1.54, 1.807) is 27.7 Å². The van der Waals surface area contributed by atoms with Crippen molar-refractivity contribution in [3.8, 4) is 0 Å². The van der Waals surface area contributed by atoms with Gasteiger partial charge in [0.25, 0.3) is 28.4 Å². The number of nitrogens with zero attached hydrogens (tertiary/aromatic N) is 4. The second kappa shape index (κ2) is 41.9. The van der Waals surface area contributed by atoms with Gasteiger partial charge >= 0.3 is 17.9 Å². The number of rotatable bonds is 24. The van der Waals surface area contributed by atoms with E-state index in [2.05, 4.69) is 87.3 Å². The first-order valence-corrected chi connectivity index (χ1v) is 48.0. The molecule has 0 unspecified atom stereocenters. The first-order valence-electron chi connectivity index (χ1n) is 43.0. The van der Waals surface area contributed by atoms with E-state index in [4.69, 9.17) is 67.8 Å². The maximum atomic E-state index is 14.8. The minimum atomic E-state index is -3.22. The molecule has 22 nitrogen and oxygen atoms in total. The lowest BCUT2D eigenvalue weighted by molar-refractivity contribution is -0.157. The van der Waals surface area contributed by atoms with Crippen molar-refractivity contribution in [2.24, 2.45) is 34.5 Å². The molecule has 0 saturated carbocycles. The van der Waals surface area contributed by atoms with Crippen molar-refractivity contribution < 1.29 is 66.2 Å². The molecule has 8 aromatic rings. The maximum absolute atomic E-state index is 14.8. The molecule has 2 fully saturated rings. The smallest absolute Gasteiger partial charge is 0.325 e. The fourth-order valence-corrected chi connectivity index (χ4v) is 25.6. The lowest BCUT2D eigenvalue weighted by atomic mass is 9.79. The van der Waals surface area contributed by atoms with E-state index in [0.29, 0.717) is 49.1 Å². The van der Waals surface area contributed by atoms with Gasteiger partial charge in [-0.25, -0.2) is 20.8 Å². The van der Waals surface area contributed by atoms with Crippen LogP contribution in [0.2, 0.25) is 10.1 Å². The van der Waals surface area contributed by atoms with Gasteiger partial charge in [-0.1, -0.05) is 286 Å². The normalized spacial score (nSPS) is 19.5. The van der Waals surface area contributed by atoms with Gasteiger partial charge in [0.05, 0.1) is 35.6 Å². The SMILES string of the molecule is CC(=O)O[C@H](C)c1ccc2ccc(/C=C/C(C)(C)C(=O)C[C@H](C(=O)N[C@@H](CO[Si](c3ccccc3)(c3ccccc3)C(C)(C)C)C(=O)N3CCC[C@@H](C(=O)OCC(Cl)(Cl)Cl)N3)C(C)C)cc2n1.CC(C)[C@@H]1CC(=O)C(C)(C)/C=C/c2ccc3ccc(nc3c2)[C@@H](C)OC(=O)[C@@H]2CCCN(N2)C(=O)[C@H](CO[Si](c2ccccc2)(c2ccccc2)C(C)(C)C)NC1=O. The Morgan fingerprint density at radius 2 is 1.22 bits per heavy atom. The number of ketones is 2. The van der Waals surface area contributed by atoms with Crippen LogP contribution in [0.1, 0.15) is 191 Å². The molecule has 11 rings (SSSR count). The minimum Gasteiger partial charge on any atom is -0.460 e. The number of aromatic nitrogens is 2. The van der Waals surface area contributed by atoms with Crippen molar-refractivity contribution >= 4 is 159 Å². The molecule has 2 aromatic heterocycles. The fraction of sp³-hybridized carbons (Fsp3) is 0.439. The van der Waals surface area contributed by atoms with Crippen LogP contribution in [0.5, 0.6) is 0 Å². The Hall–Kier alpha value is -9.61. The number of Topliss-reactive ketones (excluding diaryl/α,β-unsaturated/α-hetero) is 2. The molecule has 6 aromatic carbocycles. The minimum absolute atomic E-state index is 0.0201. The van der Waals surface area contributed by atoms with Crippen LogP contribution in [0.3, 0.4) is 0 Å². The highest BCUT2D eigenvalue weighted by atomic mass is 35.6. The third kappa shape index (κ3) is 24.6. The summed E-state index contributed by atoms with van der Waals surface area (Å²) in [7, 11) is -6.37. The Morgan fingerprint density at radius 3 is 1.77 bits per heavy atom. The summed E-state index contributed by atoms with van der Waals surface area (Å²) >= 11 is 17.5. The number of hydrazine groups is 2. The highest BCUT2D eigenvalue weighted by Crippen LogP contribution is 2.40. The molecule has 666 valence electrons. The van der Waals surface area contributed by atoms with Crippen molar-refractivity contribution in [2.45, 2.75) is 206 Å². The number of hydrogen-bond donors (Lipinski definition) is 4. The van der Waals surface area contributed by atoms with Gasteiger partial charge in [0, 0.05) is 66.3 Å². The van der Waals surface area contributed by atoms with Crippen LogP contribution < -0.4 is 42.2 Å². The molecule has 3 aliphatic heterocycles. The van der Waals surface area contributed by atoms with Crippen molar-refractivity contribution in [1.29, 1.82) is 0 Å². The standard InChI is InChI=1S/C51H63Cl3N4O8Si.C47H58N4O6Si/c1-33(2)40(30-45(60)50(8,9)27-26-36-22-23-37-24-25-41(55-43(37)29-36)34(3)66-35(4)59)46(61)56-44(47(62)58-28-16-21-42(57-58)48(63)64-32-51(52,53)54)31-65-67(49(5,6)7,38-17-12-10-13-18-38)39-19-14-11-15-20-39;1-31(2)37-29-42(52)47(7,8)26-25-33-21-22-34-23-24-38(48-40(34)28-33)32(3)57-45(55)39-20-15-27-51(50-39)44(54)41(49-43(37)53)30-56-58(46(4,5)6,35-16-11-9-12-17-35)36-18-13-10-14-19-36/h10-15,17-20,22-27,29,33-34,40,42,44,57H,16,21,28,30-32H2,1-9H3,(H,56,61);9-14,16-19,21-26,28,31-32,37,39,41,50H,15,20,27,29-30H2,1-8H3,(H,49,53)/b27-26+;26-25+/t34-,40+,42+,44+;32-,37+,39+,41+/m11/s1. The molecule has 0 aliphatic carbocycles. The topological polar surface area (TPSA) is 280 Å². The number of benzene rings is 6. The number of pyridine rings is 2. The second-order valence-corrected chi connectivity index (χ2v) is 47.8. The largest absolute Gasteiger partial charge is 0.460 e. The van der Waals surface area contributed by atoms with Gasteiger partial charge in [-0.2, -0.15) is 0 Å². The average molecular weight is 1800 g/mol. The lowest BCUT2D eigenvalue weighted by Crippen LogP contribution is -2.68. The predicted octanol–water partition coefficient (Wildman–Crippen LogP) is 15.3. The number of amides is 4. The van der Waals surface area contributed by atoms with Gasteiger partial charge in [-0.15, -0.1) is 0 Å². The van der Waals surface area contributed by atoms with E-state index in [9.17, 15) is 43.2 Å². The Kier molecular flexibility index (Phi) is 32.7. The van der Waals surface area contributed by atoms with Gasteiger partial charge in [0.2, 0.25) is 15.6 Å². The number of nitrogens with one attached hydrogen (secondary N) is 4. The molecule has 27 heteroatoms. The predicted molar refractivity (Wildman–Crippen MR) is 498 cm³/mol. The molecule has 3 aliphatic rings. The van der Waals surface area contributed by atoms with E-state index in [1.165, 1.54) is 16.9 Å². The third-order valence-electron chi connectivity index (χ3n) is 23.7. The lowest BCUT2D eigenvalue weighted by Gasteiger charge is -2.44. The molecule has 5 bridgehead atoms.